The third-order valence-corrected chi connectivity index (χ3v) is 3.36. The average Bonchev–Trinajstić information content (AvgIpc) is 2.96. The summed E-state index contributed by atoms with van der Waals surface area (Å²) in [5, 5.41) is 0. The number of benzene rings is 1. The van der Waals surface area contributed by atoms with Gasteiger partial charge >= 0.3 is 0 Å². The van der Waals surface area contributed by atoms with E-state index in [4.69, 9.17) is 14.9 Å². The Morgan fingerprint density at radius 2 is 2.28 bits per heavy atom. The van der Waals surface area contributed by atoms with Crippen LogP contribution in [-0.4, -0.2) is 23.7 Å². The van der Waals surface area contributed by atoms with Crippen LogP contribution in [0.1, 0.15) is 25.2 Å². The van der Waals surface area contributed by atoms with E-state index < -0.39 is 0 Å². The summed E-state index contributed by atoms with van der Waals surface area (Å²) < 4.78 is 11.3. The molecule has 4 nitrogen and oxygen atoms in total. The van der Waals surface area contributed by atoms with E-state index >= 15 is 0 Å². The molecule has 0 saturated carbocycles. The van der Waals surface area contributed by atoms with Crippen LogP contribution in [0.5, 0.6) is 0 Å². The average molecular weight is 246 g/mol. The number of rotatable bonds is 4. The first kappa shape index (κ1) is 11.7. The van der Waals surface area contributed by atoms with Gasteiger partial charge in [0.15, 0.2) is 11.5 Å². The minimum atomic E-state index is 0.0566. The van der Waals surface area contributed by atoms with Crippen molar-refractivity contribution in [1.82, 2.24) is 4.98 Å². The first-order chi connectivity index (χ1) is 8.81. The molecule has 18 heavy (non-hydrogen) atoms. The number of nitrogens with zero attached hydrogens (tertiary/aromatic N) is 1. The maximum atomic E-state index is 6.13. The standard InChI is InChI=1S/C14H18N2O2/c15-10(8-11-4-3-7-17-11)9-14-16-12-5-1-2-6-13(12)18-14/h1-2,5-6,10-11H,3-4,7-9,15H2. The molecule has 1 aliphatic rings. The summed E-state index contributed by atoms with van der Waals surface area (Å²) >= 11 is 0. The van der Waals surface area contributed by atoms with Crippen molar-refractivity contribution >= 4 is 11.1 Å². The van der Waals surface area contributed by atoms with Gasteiger partial charge in [0, 0.05) is 19.1 Å². The summed E-state index contributed by atoms with van der Waals surface area (Å²) in [6.45, 7) is 0.875. The van der Waals surface area contributed by atoms with E-state index in [2.05, 4.69) is 4.98 Å². The number of hydrogen-bond donors (Lipinski definition) is 1. The lowest BCUT2D eigenvalue weighted by atomic mass is 10.1. The third kappa shape index (κ3) is 2.54. The van der Waals surface area contributed by atoms with Crippen molar-refractivity contribution in [3.8, 4) is 0 Å². The van der Waals surface area contributed by atoms with Crippen molar-refractivity contribution in [2.45, 2.75) is 37.8 Å². The molecule has 3 rings (SSSR count). The van der Waals surface area contributed by atoms with Gasteiger partial charge in [-0.05, 0) is 31.4 Å². The lowest BCUT2D eigenvalue weighted by molar-refractivity contribution is 0.0978. The van der Waals surface area contributed by atoms with Crippen LogP contribution in [-0.2, 0) is 11.2 Å². The van der Waals surface area contributed by atoms with Crippen LogP contribution in [0, 0.1) is 0 Å². The van der Waals surface area contributed by atoms with Gasteiger partial charge in [0.2, 0.25) is 0 Å². The molecule has 0 aliphatic carbocycles. The molecule has 0 spiro atoms. The predicted octanol–water partition coefficient (Wildman–Crippen LogP) is 2.27. The number of hydrogen-bond acceptors (Lipinski definition) is 4. The topological polar surface area (TPSA) is 61.3 Å². The van der Waals surface area contributed by atoms with E-state index in [1.54, 1.807) is 0 Å². The Bertz CT molecular complexity index is 484. The van der Waals surface area contributed by atoms with E-state index in [1.807, 2.05) is 24.3 Å². The fourth-order valence-corrected chi connectivity index (χ4v) is 2.48. The van der Waals surface area contributed by atoms with Gasteiger partial charge in [-0.1, -0.05) is 12.1 Å². The molecular formula is C14H18N2O2. The number of para-hydroxylation sites is 2. The second-order valence-electron chi connectivity index (χ2n) is 4.91. The maximum absolute atomic E-state index is 6.13. The van der Waals surface area contributed by atoms with Crippen molar-refractivity contribution in [2.75, 3.05) is 6.61 Å². The molecular weight excluding hydrogens is 228 g/mol. The van der Waals surface area contributed by atoms with Crippen molar-refractivity contribution in [2.24, 2.45) is 5.73 Å². The van der Waals surface area contributed by atoms with Crippen LogP contribution in [0.4, 0.5) is 0 Å². The highest BCUT2D eigenvalue weighted by Crippen LogP contribution is 2.19. The molecule has 2 heterocycles. The van der Waals surface area contributed by atoms with Gasteiger partial charge in [0.05, 0.1) is 6.10 Å². The fourth-order valence-electron chi connectivity index (χ4n) is 2.48. The predicted molar refractivity (Wildman–Crippen MR) is 69.3 cm³/mol. The molecule has 1 saturated heterocycles. The zero-order chi connectivity index (χ0) is 12.4. The van der Waals surface area contributed by atoms with E-state index in [9.17, 15) is 0 Å². The number of nitrogens with two attached hydrogens (primary N) is 1. The van der Waals surface area contributed by atoms with Gasteiger partial charge in [-0.25, -0.2) is 4.98 Å². The van der Waals surface area contributed by atoms with Gasteiger partial charge in [-0.15, -0.1) is 0 Å². The number of aromatic nitrogens is 1. The minimum Gasteiger partial charge on any atom is -0.441 e. The first-order valence-corrected chi connectivity index (χ1v) is 6.53. The largest absolute Gasteiger partial charge is 0.441 e. The second kappa shape index (κ2) is 5.08. The second-order valence-corrected chi connectivity index (χ2v) is 4.91. The van der Waals surface area contributed by atoms with Crippen LogP contribution in [0.15, 0.2) is 28.7 Å². The van der Waals surface area contributed by atoms with E-state index in [-0.39, 0.29) is 6.04 Å². The molecule has 4 heteroatoms. The summed E-state index contributed by atoms with van der Waals surface area (Å²) in [5.74, 6) is 0.724. The van der Waals surface area contributed by atoms with E-state index in [0.29, 0.717) is 12.5 Å². The fraction of sp³-hybridized carbons (Fsp3) is 0.500. The smallest absolute Gasteiger partial charge is 0.197 e. The Balaban J connectivity index is 1.64. The van der Waals surface area contributed by atoms with Gasteiger partial charge in [0.25, 0.3) is 0 Å². The molecule has 0 amide bonds. The molecule has 2 N–H and O–H groups in total. The minimum absolute atomic E-state index is 0.0566. The zero-order valence-corrected chi connectivity index (χ0v) is 10.3. The molecule has 96 valence electrons. The molecule has 2 unspecified atom stereocenters. The lowest BCUT2D eigenvalue weighted by Crippen LogP contribution is -2.28. The lowest BCUT2D eigenvalue weighted by Gasteiger charge is -2.14. The Morgan fingerprint density at radius 1 is 1.39 bits per heavy atom. The van der Waals surface area contributed by atoms with Crippen molar-refractivity contribution in [1.29, 1.82) is 0 Å². The van der Waals surface area contributed by atoms with E-state index in [0.717, 1.165) is 42.9 Å². The molecule has 1 aromatic carbocycles. The van der Waals surface area contributed by atoms with Crippen LogP contribution in [0.2, 0.25) is 0 Å². The van der Waals surface area contributed by atoms with Gasteiger partial charge in [0.1, 0.15) is 5.52 Å². The molecule has 0 bridgehead atoms. The van der Waals surface area contributed by atoms with Crippen molar-refractivity contribution in [3.05, 3.63) is 30.2 Å². The summed E-state index contributed by atoms with van der Waals surface area (Å²) in [6.07, 6.45) is 4.17. The number of ether oxygens (including phenoxy) is 1. The Morgan fingerprint density at radius 3 is 3.06 bits per heavy atom. The molecule has 1 aliphatic heterocycles. The number of fused-ring (bicyclic) bond motifs is 1. The van der Waals surface area contributed by atoms with Crippen molar-refractivity contribution < 1.29 is 9.15 Å². The Hall–Kier alpha value is -1.39. The summed E-state index contributed by atoms with van der Waals surface area (Å²) in [5.41, 5.74) is 7.86. The van der Waals surface area contributed by atoms with Gasteiger partial charge in [-0.3, -0.25) is 0 Å². The Kier molecular flexibility index (Phi) is 3.30. The first-order valence-electron chi connectivity index (χ1n) is 6.53. The highest BCUT2D eigenvalue weighted by molar-refractivity contribution is 5.72. The normalized spacial score (nSPS) is 21.5. The van der Waals surface area contributed by atoms with Gasteiger partial charge < -0.3 is 14.9 Å². The van der Waals surface area contributed by atoms with Gasteiger partial charge in [-0.2, -0.15) is 0 Å². The summed E-state index contributed by atoms with van der Waals surface area (Å²) in [6, 6.07) is 7.84. The third-order valence-electron chi connectivity index (χ3n) is 3.36. The maximum Gasteiger partial charge on any atom is 0.197 e. The van der Waals surface area contributed by atoms with Crippen LogP contribution in [0.25, 0.3) is 11.1 Å². The summed E-state index contributed by atoms with van der Waals surface area (Å²) in [7, 11) is 0. The van der Waals surface area contributed by atoms with Crippen molar-refractivity contribution in [3.63, 3.8) is 0 Å². The molecule has 2 aromatic rings. The van der Waals surface area contributed by atoms with E-state index in [1.165, 1.54) is 0 Å². The van der Waals surface area contributed by atoms with Crippen LogP contribution >= 0.6 is 0 Å². The highest BCUT2D eigenvalue weighted by Gasteiger charge is 2.20. The molecule has 0 radical (unpaired) electrons. The highest BCUT2D eigenvalue weighted by atomic mass is 16.5. The Labute approximate surface area is 106 Å². The SMILES string of the molecule is NC(Cc1nc2ccccc2o1)CC1CCCO1. The molecule has 2 atom stereocenters. The zero-order valence-electron chi connectivity index (χ0n) is 10.3. The van der Waals surface area contributed by atoms with Crippen LogP contribution in [0.3, 0.4) is 0 Å². The molecule has 1 fully saturated rings. The quantitative estimate of drug-likeness (QED) is 0.899. The monoisotopic (exact) mass is 246 g/mol. The summed E-state index contributed by atoms with van der Waals surface area (Å²) in [4.78, 5) is 4.44. The van der Waals surface area contributed by atoms with Crippen LogP contribution < -0.4 is 5.73 Å². The number of oxazole rings is 1. The molecule has 1 aromatic heterocycles.